The second-order valence-electron chi connectivity index (χ2n) is 7.55. The molecule has 7 heteroatoms. The Labute approximate surface area is 164 Å². The molecule has 4 rings (SSSR count). The lowest BCUT2D eigenvalue weighted by atomic mass is 10.1. The lowest BCUT2D eigenvalue weighted by molar-refractivity contribution is 0.115. The van der Waals surface area contributed by atoms with E-state index in [-0.39, 0.29) is 6.61 Å². The van der Waals surface area contributed by atoms with E-state index >= 15 is 0 Å². The van der Waals surface area contributed by atoms with Gasteiger partial charge in [0.1, 0.15) is 10.7 Å². The van der Waals surface area contributed by atoms with Crippen LogP contribution in [-0.2, 0) is 0 Å². The highest BCUT2D eigenvalue weighted by Crippen LogP contribution is 2.39. The number of rotatable bonds is 3. The molecule has 1 atom stereocenters. The lowest BCUT2D eigenvalue weighted by Gasteiger charge is -2.40. The van der Waals surface area contributed by atoms with Crippen molar-refractivity contribution in [3.8, 4) is 0 Å². The van der Waals surface area contributed by atoms with Crippen LogP contribution in [0.15, 0.2) is 29.3 Å². The molecule has 0 unspecified atom stereocenters. The Balaban J connectivity index is 1.76. The molecular weight excluding hydrogens is 358 g/mol. The Morgan fingerprint density at radius 2 is 2.11 bits per heavy atom. The van der Waals surface area contributed by atoms with Crippen molar-refractivity contribution in [2.45, 2.75) is 32.2 Å². The highest BCUT2D eigenvalue weighted by Gasteiger charge is 2.31. The number of nitrogens with one attached hydrogen (secondary N) is 1. The van der Waals surface area contributed by atoms with E-state index in [9.17, 15) is 5.11 Å². The molecule has 0 saturated carbocycles. The van der Waals surface area contributed by atoms with Crippen molar-refractivity contribution in [2.24, 2.45) is 4.99 Å². The summed E-state index contributed by atoms with van der Waals surface area (Å²) in [7, 11) is 2.13. The number of aromatic nitrogens is 1. The van der Waals surface area contributed by atoms with E-state index in [1.54, 1.807) is 11.3 Å². The Morgan fingerprint density at radius 3 is 2.89 bits per heavy atom. The van der Waals surface area contributed by atoms with Crippen molar-refractivity contribution in [3.63, 3.8) is 0 Å². The molecule has 1 fully saturated rings. The number of aliphatic hydroxyl groups is 1. The van der Waals surface area contributed by atoms with Crippen LogP contribution in [0.4, 0.5) is 16.4 Å². The molecule has 0 bridgehead atoms. The van der Waals surface area contributed by atoms with Crippen LogP contribution in [0.1, 0.15) is 36.9 Å². The van der Waals surface area contributed by atoms with Crippen molar-refractivity contribution in [2.75, 3.05) is 38.6 Å². The number of para-hydroxylation sites is 2. The second-order valence-corrected chi connectivity index (χ2v) is 8.59. The SMILES string of the molecule is CC(C)c1nc2c(s1)Nc1ccccc1N=C2N1CCN(C)[C@@H](CCO)C1. The number of aliphatic hydroxyl groups excluding tert-OH is 1. The van der Waals surface area contributed by atoms with Crippen LogP contribution in [0.25, 0.3) is 0 Å². The normalized spacial score (nSPS) is 20.0. The molecule has 0 amide bonds. The van der Waals surface area contributed by atoms with Crippen molar-refractivity contribution < 1.29 is 5.11 Å². The summed E-state index contributed by atoms with van der Waals surface area (Å²) in [5, 5.41) is 15.2. The number of likely N-dealkylation sites (N-methyl/N-ethyl adjacent to an activating group) is 1. The summed E-state index contributed by atoms with van der Waals surface area (Å²) in [5.41, 5.74) is 2.92. The maximum atomic E-state index is 9.43. The summed E-state index contributed by atoms with van der Waals surface area (Å²) in [5.74, 6) is 1.33. The van der Waals surface area contributed by atoms with Crippen LogP contribution in [0.2, 0.25) is 0 Å². The molecule has 0 radical (unpaired) electrons. The number of piperazine rings is 1. The molecule has 0 spiro atoms. The highest BCUT2D eigenvalue weighted by atomic mass is 32.1. The highest BCUT2D eigenvalue weighted by molar-refractivity contribution is 7.16. The van der Waals surface area contributed by atoms with Gasteiger partial charge in [-0.15, -0.1) is 11.3 Å². The van der Waals surface area contributed by atoms with Gasteiger partial charge in [-0.05, 0) is 25.6 Å². The quantitative estimate of drug-likeness (QED) is 0.848. The van der Waals surface area contributed by atoms with Gasteiger partial charge in [0.2, 0.25) is 0 Å². The standard InChI is InChI=1S/C20H27N5OS/c1-13(2)19-23-17-18(25-10-9-24(3)14(12-25)8-11-26)21-15-6-4-5-7-16(15)22-20(17)27-19/h4-7,13-14,22,26H,8-12H2,1-3H3/t14-/m0/s1. The average molecular weight is 386 g/mol. The first-order valence-electron chi connectivity index (χ1n) is 9.58. The molecule has 144 valence electrons. The minimum absolute atomic E-state index is 0.208. The van der Waals surface area contributed by atoms with Crippen molar-refractivity contribution >= 4 is 33.5 Å². The van der Waals surface area contributed by atoms with Crippen LogP contribution in [0.3, 0.4) is 0 Å². The third kappa shape index (κ3) is 3.59. The topological polar surface area (TPSA) is 64.0 Å². The molecule has 2 aliphatic heterocycles. The van der Waals surface area contributed by atoms with E-state index in [4.69, 9.17) is 9.98 Å². The number of hydrogen-bond donors (Lipinski definition) is 2. The zero-order chi connectivity index (χ0) is 19.0. The van der Waals surface area contributed by atoms with Gasteiger partial charge in [-0.1, -0.05) is 26.0 Å². The molecule has 27 heavy (non-hydrogen) atoms. The Kier molecular flexibility index (Phi) is 5.16. The van der Waals surface area contributed by atoms with Gasteiger partial charge < -0.3 is 15.3 Å². The molecule has 1 aromatic carbocycles. The Morgan fingerprint density at radius 1 is 1.30 bits per heavy atom. The van der Waals surface area contributed by atoms with Crippen LogP contribution >= 0.6 is 11.3 Å². The van der Waals surface area contributed by atoms with Gasteiger partial charge >= 0.3 is 0 Å². The van der Waals surface area contributed by atoms with Gasteiger partial charge in [0.05, 0.1) is 16.4 Å². The lowest BCUT2D eigenvalue weighted by Crippen LogP contribution is -2.53. The van der Waals surface area contributed by atoms with Gasteiger partial charge in [0.25, 0.3) is 0 Å². The molecule has 0 aliphatic carbocycles. The summed E-state index contributed by atoms with van der Waals surface area (Å²) in [6.07, 6.45) is 0.774. The van der Waals surface area contributed by atoms with Crippen molar-refractivity contribution in [1.29, 1.82) is 0 Å². The number of aliphatic imine (C=N–C) groups is 1. The third-order valence-corrected chi connectivity index (χ3v) is 6.54. The number of thiazole rings is 1. The summed E-state index contributed by atoms with van der Waals surface area (Å²) in [6.45, 7) is 7.28. The minimum atomic E-state index is 0.208. The fourth-order valence-electron chi connectivity index (χ4n) is 3.61. The molecule has 6 nitrogen and oxygen atoms in total. The molecule has 2 aromatic rings. The zero-order valence-corrected chi connectivity index (χ0v) is 17.0. The third-order valence-electron chi connectivity index (χ3n) is 5.27. The number of benzene rings is 1. The predicted octanol–water partition coefficient (Wildman–Crippen LogP) is 3.40. The number of nitrogens with zero attached hydrogens (tertiary/aromatic N) is 4. The number of hydrogen-bond acceptors (Lipinski definition) is 7. The van der Waals surface area contributed by atoms with Crippen LogP contribution in [0.5, 0.6) is 0 Å². The summed E-state index contributed by atoms with van der Waals surface area (Å²) in [6, 6.07) is 8.49. The minimum Gasteiger partial charge on any atom is -0.396 e. The second kappa shape index (κ2) is 7.58. The maximum absolute atomic E-state index is 9.43. The van der Waals surface area contributed by atoms with Gasteiger partial charge in [0.15, 0.2) is 5.84 Å². The van der Waals surface area contributed by atoms with E-state index in [1.807, 2.05) is 18.2 Å². The number of anilines is 2. The van der Waals surface area contributed by atoms with Crippen LogP contribution in [-0.4, -0.2) is 65.1 Å². The van der Waals surface area contributed by atoms with E-state index in [1.165, 1.54) is 0 Å². The van der Waals surface area contributed by atoms with E-state index < -0.39 is 0 Å². The van der Waals surface area contributed by atoms with Gasteiger partial charge in [-0.2, -0.15) is 0 Å². The van der Waals surface area contributed by atoms with Crippen LogP contribution < -0.4 is 5.32 Å². The first kappa shape index (κ1) is 18.4. The molecule has 1 aromatic heterocycles. The fraction of sp³-hybridized carbons (Fsp3) is 0.500. The molecular formula is C20H27N5OS. The number of fused-ring (bicyclic) bond motifs is 2. The van der Waals surface area contributed by atoms with Crippen LogP contribution in [0, 0.1) is 0 Å². The molecule has 2 N–H and O–H groups in total. The summed E-state index contributed by atoms with van der Waals surface area (Å²) < 4.78 is 0. The van der Waals surface area contributed by atoms with Crippen molar-refractivity contribution in [3.05, 3.63) is 35.0 Å². The van der Waals surface area contributed by atoms with E-state index in [0.29, 0.717) is 12.0 Å². The van der Waals surface area contributed by atoms with Gasteiger partial charge in [-0.3, -0.25) is 4.90 Å². The molecule has 1 saturated heterocycles. The summed E-state index contributed by atoms with van der Waals surface area (Å²) >= 11 is 1.72. The van der Waals surface area contributed by atoms with E-state index in [0.717, 1.165) is 59.0 Å². The molecule has 3 heterocycles. The fourth-order valence-corrected chi connectivity index (χ4v) is 4.58. The first-order valence-corrected chi connectivity index (χ1v) is 10.4. The zero-order valence-electron chi connectivity index (χ0n) is 16.1. The van der Waals surface area contributed by atoms with Crippen molar-refractivity contribution in [1.82, 2.24) is 14.8 Å². The Hall–Kier alpha value is -1.96. The maximum Gasteiger partial charge on any atom is 0.158 e. The first-order chi connectivity index (χ1) is 13.1. The smallest absolute Gasteiger partial charge is 0.158 e. The number of amidine groups is 1. The molecule has 2 aliphatic rings. The predicted molar refractivity (Wildman–Crippen MR) is 112 cm³/mol. The largest absolute Gasteiger partial charge is 0.396 e. The van der Waals surface area contributed by atoms with Gasteiger partial charge in [-0.25, -0.2) is 9.98 Å². The Bertz CT molecular complexity index is 847. The average Bonchev–Trinajstić information content (AvgIpc) is 3.00. The van der Waals surface area contributed by atoms with E-state index in [2.05, 4.69) is 42.1 Å². The monoisotopic (exact) mass is 385 g/mol. The van der Waals surface area contributed by atoms with Gasteiger partial charge in [0, 0.05) is 38.2 Å². The summed E-state index contributed by atoms with van der Waals surface area (Å²) in [4.78, 5) is 14.7.